The van der Waals surface area contributed by atoms with Crippen molar-refractivity contribution in [2.24, 2.45) is 5.92 Å². The van der Waals surface area contributed by atoms with Crippen LogP contribution < -0.4 is 4.90 Å². The summed E-state index contributed by atoms with van der Waals surface area (Å²) >= 11 is 0. The summed E-state index contributed by atoms with van der Waals surface area (Å²) < 4.78 is 5.44. The predicted octanol–water partition coefficient (Wildman–Crippen LogP) is 1.48. The van der Waals surface area contributed by atoms with Gasteiger partial charge >= 0.3 is 0 Å². The van der Waals surface area contributed by atoms with E-state index in [4.69, 9.17) is 9.84 Å². The summed E-state index contributed by atoms with van der Waals surface area (Å²) in [6.07, 6.45) is 2.87. The SMILES string of the molecule is CC(C)Cc1ccc(N2CCOC(CO)C2)cn1. The molecule has 0 bridgehead atoms. The highest BCUT2D eigenvalue weighted by Gasteiger charge is 2.20. The van der Waals surface area contributed by atoms with E-state index in [9.17, 15) is 0 Å². The Bertz CT molecular complexity index is 365. The number of aliphatic hydroxyl groups excluding tert-OH is 1. The number of hydrogen-bond donors (Lipinski definition) is 1. The third kappa shape index (κ3) is 3.43. The smallest absolute Gasteiger partial charge is 0.0980 e. The van der Waals surface area contributed by atoms with Gasteiger partial charge in [-0.25, -0.2) is 0 Å². The molecule has 1 unspecified atom stereocenters. The summed E-state index contributed by atoms with van der Waals surface area (Å²) in [6.45, 7) is 6.74. The number of morpholine rings is 1. The molecule has 1 saturated heterocycles. The molecule has 1 N–H and O–H groups in total. The molecule has 0 aromatic carbocycles. The third-order valence-corrected chi connectivity index (χ3v) is 3.13. The molecular weight excluding hydrogens is 228 g/mol. The van der Waals surface area contributed by atoms with Gasteiger partial charge in [0.25, 0.3) is 0 Å². The number of rotatable bonds is 4. The maximum absolute atomic E-state index is 9.13. The van der Waals surface area contributed by atoms with Crippen molar-refractivity contribution in [3.8, 4) is 0 Å². The van der Waals surface area contributed by atoms with E-state index >= 15 is 0 Å². The maximum atomic E-state index is 9.13. The lowest BCUT2D eigenvalue weighted by atomic mass is 10.1. The first-order valence-corrected chi connectivity index (χ1v) is 6.61. The molecule has 0 amide bonds. The highest BCUT2D eigenvalue weighted by Crippen LogP contribution is 2.17. The molecule has 1 aromatic heterocycles. The van der Waals surface area contributed by atoms with Crippen LogP contribution in [0.3, 0.4) is 0 Å². The molecule has 18 heavy (non-hydrogen) atoms. The number of aliphatic hydroxyl groups is 1. The fourth-order valence-electron chi connectivity index (χ4n) is 2.21. The zero-order chi connectivity index (χ0) is 13.0. The van der Waals surface area contributed by atoms with Gasteiger partial charge < -0.3 is 14.7 Å². The first-order chi connectivity index (χ1) is 8.69. The highest BCUT2D eigenvalue weighted by molar-refractivity contribution is 5.45. The molecule has 4 nitrogen and oxygen atoms in total. The summed E-state index contributed by atoms with van der Waals surface area (Å²) in [6, 6.07) is 4.21. The van der Waals surface area contributed by atoms with Gasteiger partial charge in [-0.3, -0.25) is 4.98 Å². The molecule has 0 radical (unpaired) electrons. The summed E-state index contributed by atoms with van der Waals surface area (Å²) in [5, 5.41) is 9.13. The normalized spacial score (nSPS) is 20.4. The van der Waals surface area contributed by atoms with Gasteiger partial charge in [-0.15, -0.1) is 0 Å². The Morgan fingerprint density at radius 3 is 2.94 bits per heavy atom. The van der Waals surface area contributed by atoms with Crippen LogP contribution in [0, 0.1) is 5.92 Å². The van der Waals surface area contributed by atoms with E-state index in [1.54, 1.807) is 0 Å². The van der Waals surface area contributed by atoms with E-state index in [1.165, 1.54) is 0 Å². The Kier molecular flexibility index (Phi) is 4.55. The van der Waals surface area contributed by atoms with E-state index < -0.39 is 0 Å². The summed E-state index contributed by atoms with van der Waals surface area (Å²) in [4.78, 5) is 6.72. The Hall–Kier alpha value is -1.13. The summed E-state index contributed by atoms with van der Waals surface area (Å²) in [7, 11) is 0. The van der Waals surface area contributed by atoms with Crippen LogP contribution in [-0.2, 0) is 11.2 Å². The van der Waals surface area contributed by atoms with Gasteiger partial charge in [0.15, 0.2) is 0 Å². The van der Waals surface area contributed by atoms with Crippen molar-refractivity contribution in [2.75, 3.05) is 31.2 Å². The van der Waals surface area contributed by atoms with E-state index in [1.807, 2.05) is 6.20 Å². The number of anilines is 1. The average molecular weight is 250 g/mol. The first-order valence-electron chi connectivity index (χ1n) is 6.61. The van der Waals surface area contributed by atoms with Gasteiger partial charge in [0.2, 0.25) is 0 Å². The van der Waals surface area contributed by atoms with Gasteiger partial charge in [0.05, 0.1) is 31.2 Å². The molecule has 0 saturated carbocycles. The van der Waals surface area contributed by atoms with Gasteiger partial charge in [-0.05, 0) is 24.5 Å². The Balaban J connectivity index is 2.00. The Morgan fingerprint density at radius 1 is 1.50 bits per heavy atom. The van der Waals surface area contributed by atoms with Gasteiger partial charge in [-0.2, -0.15) is 0 Å². The van der Waals surface area contributed by atoms with Crippen LogP contribution >= 0.6 is 0 Å². The minimum Gasteiger partial charge on any atom is -0.394 e. The fraction of sp³-hybridized carbons (Fsp3) is 0.643. The molecule has 1 aliphatic rings. The average Bonchev–Trinajstić information content (AvgIpc) is 2.39. The first kappa shape index (κ1) is 13.3. The van der Waals surface area contributed by atoms with Crippen LogP contribution in [0.25, 0.3) is 0 Å². The number of ether oxygens (including phenoxy) is 1. The number of pyridine rings is 1. The molecule has 1 aliphatic heterocycles. The number of aromatic nitrogens is 1. The minimum absolute atomic E-state index is 0.0749. The molecule has 100 valence electrons. The van der Waals surface area contributed by atoms with Gasteiger partial charge in [0.1, 0.15) is 0 Å². The lowest BCUT2D eigenvalue weighted by Crippen LogP contribution is -2.44. The molecule has 4 heteroatoms. The van der Waals surface area contributed by atoms with E-state index in [-0.39, 0.29) is 12.7 Å². The minimum atomic E-state index is -0.0749. The monoisotopic (exact) mass is 250 g/mol. The molecule has 1 atom stereocenters. The van der Waals surface area contributed by atoms with Crippen LogP contribution in [0.4, 0.5) is 5.69 Å². The zero-order valence-corrected chi connectivity index (χ0v) is 11.2. The van der Waals surface area contributed by atoms with Crippen molar-refractivity contribution in [2.45, 2.75) is 26.4 Å². The predicted molar refractivity (Wildman–Crippen MR) is 71.8 cm³/mol. The second-order valence-corrected chi connectivity index (χ2v) is 5.23. The topological polar surface area (TPSA) is 45.6 Å². The summed E-state index contributed by atoms with van der Waals surface area (Å²) in [5.41, 5.74) is 2.25. The van der Waals surface area contributed by atoms with Gasteiger partial charge in [-0.1, -0.05) is 13.8 Å². The van der Waals surface area contributed by atoms with Crippen LogP contribution in [0.15, 0.2) is 18.3 Å². The number of hydrogen-bond acceptors (Lipinski definition) is 4. The maximum Gasteiger partial charge on any atom is 0.0980 e. The van der Waals surface area contributed by atoms with Crippen molar-refractivity contribution >= 4 is 5.69 Å². The second-order valence-electron chi connectivity index (χ2n) is 5.23. The van der Waals surface area contributed by atoms with Crippen LogP contribution in [0.5, 0.6) is 0 Å². The molecule has 0 aliphatic carbocycles. The largest absolute Gasteiger partial charge is 0.394 e. The highest BCUT2D eigenvalue weighted by atomic mass is 16.5. The van der Waals surface area contributed by atoms with E-state index in [2.05, 4.69) is 35.9 Å². The van der Waals surface area contributed by atoms with Crippen molar-refractivity contribution in [1.29, 1.82) is 0 Å². The second kappa shape index (κ2) is 6.16. The molecule has 1 fully saturated rings. The van der Waals surface area contributed by atoms with Gasteiger partial charge in [0, 0.05) is 18.8 Å². The lowest BCUT2D eigenvalue weighted by molar-refractivity contribution is 0.00355. The molecule has 1 aromatic rings. The Morgan fingerprint density at radius 2 is 2.33 bits per heavy atom. The Labute approximate surface area is 109 Å². The van der Waals surface area contributed by atoms with Crippen LogP contribution in [0.1, 0.15) is 19.5 Å². The summed E-state index contributed by atoms with van der Waals surface area (Å²) in [5.74, 6) is 0.630. The van der Waals surface area contributed by atoms with Crippen LogP contribution in [-0.4, -0.2) is 42.5 Å². The molecule has 2 rings (SSSR count). The lowest BCUT2D eigenvalue weighted by Gasteiger charge is -2.33. The van der Waals surface area contributed by atoms with Crippen LogP contribution in [0.2, 0.25) is 0 Å². The van der Waals surface area contributed by atoms with Crippen molar-refractivity contribution in [1.82, 2.24) is 4.98 Å². The molecule has 0 spiro atoms. The molecule has 2 heterocycles. The molecular formula is C14H22N2O2. The van der Waals surface area contributed by atoms with Crippen molar-refractivity contribution < 1.29 is 9.84 Å². The van der Waals surface area contributed by atoms with E-state index in [0.29, 0.717) is 12.5 Å². The fourth-order valence-corrected chi connectivity index (χ4v) is 2.21. The van der Waals surface area contributed by atoms with Crippen molar-refractivity contribution in [3.63, 3.8) is 0 Å². The standard InChI is InChI=1S/C14H22N2O2/c1-11(2)7-12-3-4-13(8-15-12)16-5-6-18-14(9-16)10-17/h3-4,8,11,14,17H,5-7,9-10H2,1-2H3. The third-order valence-electron chi connectivity index (χ3n) is 3.13. The quantitative estimate of drug-likeness (QED) is 0.879. The van der Waals surface area contributed by atoms with Crippen molar-refractivity contribution in [3.05, 3.63) is 24.0 Å². The zero-order valence-electron chi connectivity index (χ0n) is 11.2. The van der Waals surface area contributed by atoms with E-state index in [0.717, 1.165) is 30.9 Å². The number of nitrogens with zero attached hydrogens (tertiary/aromatic N) is 2.